The molecule has 1 aromatic rings. The van der Waals surface area contributed by atoms with E-state index in [1.807, 2.05) is 0 Å². The van der Waals surface area contributed by atoms with Crippen LogP contribution in [0.3, 0.4) is 0 Å². The first-order valence-electron chi connectivity index (χ1n) is 3.32. The van der Waals surface area contributed by atoms with Crippen LogP contribution in [-0.4, -0.2) is 40.6 Å². The Hall–Kier alpha value is -0.520. The Kier molecular flexibility index (Phi) is 4.64. The van der Waals surface area contributed by atoms with Crippen LogP contribution in [0, 0.1) is 0 Å². The molecule has 1 rings (SSSR count). The second-order valence-corrected chi connectivity index (χ2v) is 2.38. The molecule has 72 valence electrons. The third-order valence-corrected chi connectivity index (χ3v) is 1.46. The van der Waals surface area contributed by atoms with Gasteiger partial charge in [-0.1, -0.05) is 0 Å². The van der Waals surface area contributed by atoms with Crippen LogP contribution in [0.1, 0.15) is 15.9 Å². The van der Waals surface area contributed by atoms with Crippen molar-refractivity contribution in [2.45, 2.75) is 6.18 Å². The summed E-state index contributed by atoms with van der Waals surface area (Å²) >= 11 is 0. The average Bonchev–Trinajstić information content (AvgIpc) is 2.03. The second kappa shape index (κ2) is 4.82. The Morgan fingerprint density at radius 3 is 1.86 bits per heavy atom. The van der Waals surface area contributed by atoms with Gasteiger partial charge in [0.05, 0.1) is 11.1 Å². The number of aromatic carboxylic acids is 1. The van der Waals surface area contributed by atoms with Gasteiger partial charge in [0.15, 0.2) is 0 Å². The minimum absolute atomic E-state index is 0. The van der Waals surface area contributed by atoms with Crippen molar-refractivity contribution < 1.29 is 23.1 Å². The van der Waals surface area contributed by atoms with Gasteiger partial charge in [-0.2, -0.15) is 13.2 Å². The minimum atomic E-state index is -4.42. The summed E-state index contributed by atoms with van der Waals surface area (Å²) in [6.45, 7) is 0. The Balaban J connectivity index is 0.00000169. The van der Waals surface area contributed by atoms with E-state index in [1.54, 1.807) is 0 Å². The predicted molar refractivity (Wildman–Crippen MR) is 45.6 cm³/mol. The summed E-state index contributed by atoms with van der Waals surface area (Å²) in [5, 5.41) is 8.40. The van der Waals surface area contributed by atoms with Gasteiger partial charge in [0, 0.05) is 0 Å². The van der Waals surface area contributed by atoms with E-state index in [4.69, 9.17) is 5.11 Å². The van der Waals surface area contributed by atoms with E-state index in [1.165, 1.54) is 0 Å². The van der Waals surface area contributed by atoms with Crippen molar-refractivity contribution in [3.05, 3.63) is 35.4 Å². The van der Waals surface area contributed by atoms with Gasteiger partial charge >= 0.3 is 41.7 Å². The van der Waals surface area contributed by atoms with E-state index in [2.05, 4.69) is 0 Å². The second-order valence-electron chi connectivity index (χ2n) is 2.38. The van der Waals surface area contributed by atoms with Gasteiger partial charge in [-0.05, 0) is 24.3 Å². The maximum absolute atomic E-state index is 12.0. The molecule has 1 aromatic carbocycles. The number of rotatable bonds is 1. The van der Waals surface area contributed by atoms with Crippen LogP contribution in [0.15, 0.2) is 24.3 Å². The fourth-order valence-electron chi connectivity index (χ4n) is 0.802. The Labute approximate surface area is 100 Å². The van der Waals surface area contributed by atoms with Gasteiger partial charge in [0.25, 0.3) is 0 Å². The number of carboxylic acid groups (broad SMARTS) is 1. The maximum atomic E-state index is 12.0. The van der Waals surface area contributed by atoms with Crippen LogP contribution in [-0.2, 0) is 6.18 Å². The summed E-state index contributed by atoms with van der Waals surface area (Å²) in [4.78, 5) is 10.3. The molecule has 0 radical (unpaired) electrons. The summed E-state index contributed by atoms with van der Waals surface area (Å²) in [5.41, 5.74) is -1.01. The van der Waals surface area contributed by atoms with Crippen molar-refractivity contribution >= 4 is 35.5 Å². The molecule has 0 atom stereocenters. The average molecular weight is 214 g/mol. The number of benzene rings is 1. The summed E-state index contributed by atoms with van der Waals surface area (Å²) in [7, 11) is 0. The molecule has 0 saturated heterocycles. The van der Waals surface area contributed by atoms with Crippen molar-refractivity contribution in [3.8, 4) is 0 Å². The van der Waals surface area contributed by atoms with E-state index in [-0.39, 0.29) is 35.1 Å². The molecule has 0 aliphatic carbocycles. The van der Waals surface area contributed by atoms with Gasteiger partial charge in [0.1, 0.15) is 0 Å². The molecule has 1 N–H and O–H groups in total. The molecule has 0 bridgehead atoms. The first kappa shape index (κ1) is 13.5. The van der Waals surface area contributed by atoms with E-state index >= 15 is 0 Å². The number of alkyl halides is 3. The Morgan fingerprint density at radius 2 is 1.57 bits per heavy atom. The summed E-state index contributed by atoms with van der Waals surface area (Å²) in [6, 6.07) is 3.32. The van der Waals surface area contributed by atoms with Crippen LogP contribution in [0.25, 0.3) is 0 Å². The van der Waals surface area contributed by atoms with E-state index in [9.17, 15) is 18.0 Å². The Bertz CT molecular complexity index is 318. The fraction of sp³-hybridized carbons (Fsp3) is 0.125. The molecule has 2 nitrogen and oxygen atoms in total. The van der Waals surface area contributed by atoms with Crippen LogP contribution in [0.4, 0.5) is 13.2 Å². The fourth-order valence-corrected chi connectivity index (χ4v) is 0.802. The van der Waals surface area contributed by atoms with Crippen molar-refractivity contribution in [3.63, 3.8) is 0 Å². The van der Waals surface area contributed by atoms with Gasteiger partial charge in [-0.25, -0.2) is 4.79 Å². The molecular weight excluding hydrogens is 208 g/mol. The molecule has 0 saturated carbocycles. The number of halogens is 3. The number of hydrogen-bond donors (Lipinski definition) is 1. The van der Waals surface area contributed by atoms with Crippen molar-refractivity contribution in [1.82, 2.24) is 0 Å². The van der Waals surface area contributed by atoms with Crippen molar-refractivity contribution in [1.29, 1.82) is 0 Å². The molecule has 0 heterocycles. The molecule has 14 heavy (non-hydrogen) atoms. The SMILES string of the molecule is O=C(O)c1ccc(C(F)(F)F)cc1.[NaH]. The quantitative estimate of drug-likeness (QED) is 0.723. The zero-order valence-electron chi connectivity index (χ0n) is 6.30. The third-order valence-electron chi connectivity index (χ3n) is 1.46. The van der Waals surface area contributed by atoms with E-state index in [0.717, 1.165) is 24.3 Å². The number of carbonyl (C=O) groups is 1. The molecule has 0 amide bonds. The number of hydrogen-bond acceptors (Lipinski definition) is 1. The molecule has 0 aromatic heterocycles. The van der Waals surface area contributed by atoms with Crippen LogP contribution in [0.5, 0.6) is 0 Å². The van der Waals surface area contributed by atoms with Gasteiger partial charge in [-0.3, -0.25) is 0 Å². The van der Waals surface area contributed by atoms with Crippen LogP contribution < -0.4 is 0 Å². The van der Waals surface area contributed by atoms with Gasteiger partial charge in [0.2, 0.25) is 0 Å². The molecule has 6 heteroatoms. The standard InChI is InChI=1S/C8H5F3O2.Na.H/c9-8(10,11)6-3-1-5(2-4-6)7(12)13;;/h1-4H,(H,12,13);;. The van der Waals surface area contributed by atoms with Crippen LogP contribution >= 0.6 is 0 Å². The van der Waals surface area contributed by atoms with Crippen molar-refractivity contribution in [2.75, 3.05) is 0 Å². The first-order chi connectivity index (χ1) is 5.91. The van der Waals surface area contributed by atoms with Gasteiger partial charge in [-0.15, -0.1) is 0 Å². The number of carboxylic acids is 1. The zero-order chi connectivity index (χ0) is 10.1. The van der Waals surface area contributed by atoms with Crippen LogP contribution in [0.2, 0.25) is 0 Å². The summed E-state index contributed by atoms with van der Waals surface area (Å²) in [5.74, 6) is -1.24. The third kappa shape index (κ3) is 3.32. The molecular formula is C8H6F3NaO2. The normalized spacial score (nSPS) is 10.5. The molecule has 0 unspecified atom stereocenters. The molecule has 0 fully saturated rings. The Morgan fingerprint density at radius 1 is 1.14 bits per heavy atom. The zero-order valence-corrected chi connectivity index (χ0v) is 6.30. The predicted octanol–water partition coefficient (Wildman–Crippen LogP) is 1.76. The topological polar surface area (TPSA) is 37.3 Å². The molecule has 0 aliphatic heterocycles. The molecule has 0 aliphatic rings. The first-order valence-corrected chi connectivity index (χ1v) is 3.32. The summed E-state index contributed by atoms with van der Waals surface area (Å²) in [6.07, 6.45) is -4.42. The van der Waals surface area contributed by atoms with E-state index in [0.29, 0.717) is 0 Å². The molecule has 0 spiro atoms. The monoisotopic (exact) mass is 214 g/mol. The van der Waals surface area contributed by atoms with Gasteiger partial charge < -0.3 is 5.11 Å². The van der Waals surface area contributed by atoms with Crippen molar-refractivity contribution in [2.24, 2.45) is 0 Å². The van der Waals surface area contributed by atoms with E-state index < -0.39 is 17.7 Å². The summed E-state index contributed by atoms with van der Waals surface area (Å²) < 4.78 is 35.9.